The summed E-state index contributed by atoms with van der Waals surface area (Å²) in [4.78, 5) is 1.26. The third kappa shape index (κ3) is 4.31. The van der Waals surface area contributed by atoms with Gasteiger partial charge in [-0.15, -0.1) is 11.8 Å². The second-order valence-corrected chi connectivity index (χ2v) is 3.93. The Kier molecular flexibility index (Phi) is 4.90. The Balaban J connectivity index is 2.27. The van der Waals surface area contributed by atoms with Gasteiger partial charge in [-0.2, -0.15) is 0 Å². The molecule has 13 heavy (non-hydrogen) atoms. The number of benzene rings is 1. The van der Waals surface area contributed by atoms with Crippen LogP contribution in [0.4, 0.5) is 0 Å². The maximum absolute atomic E-state index is 5.79. The lowest BCUT2D eigenvalue weighted by Gasteiger charge is -2.09. The molecule has 1 rings (SSSR count). The van der Waals surface area contributed by atoms with E-state index in [1.807, 2.05) is 18.2 Å². The van der Waals surface area contributed by atoms with E-state index >= 15 is 0 Å². The quantitative estimate of drug-likeness (QED) is 0.730. The maximum atomic E-state index is 5.79. The molecule has 3 heteroatoms. The first-order valence-corrected chi connectivity index (χ1v) is 5.24. The van der Waals surface area contributed by atoms with Crippen LogP contribution in [0.2, 0.25) is 0 Å². The number of rotatable bonds is 5. The smallest absolute Gasteiger partial charge is 0.0621 e. The van der Waals surface area contributed by atoms with Crippen LogP contribution >= 0.6 is 11.8 Å². The lowest BCUT2D eigenvalue weighted by molar-refractivity contribution is 0.186. The van der Waals surface area contributed by atoms with E-state index in [0.29, 0.717) is 6.61 Å². The first-order valence-electron chi connectivity index (χ1n) is 4.25. The second kappa shape index (κ2) is 6.02. The monoisotopic (exact) mass is 197 g/mol. The van der Waals surface area contributed by atoms with E-state index in [2.05, 4.69) is 12.1 Å². The summed E-state index contributed by atoms with van der Waals surface area (Å²) >= 11 is 1.76. The molecule has 0 aromatic heterocycles. The number of methoxy groups -OCH3 is 1. The lowest BCUT2D eigenvalue weighted by atomic mass is 10.4. The van der Waals surface area contributed by atoms with Gasteiger partial charge in [-0.1, -0.05) is 18.2 Å². The zero-order valence-corrected chi connectivity index (χ0v) is 8.59. The number of thioether (sulfide) groups is 1. The highest BCUT2D eigenvalue weighted by Gasteiger charge is 2.01. The minimum absolute atomic E-state index is 0.121. The molecule has 2 nitrogen and oxygen atoms in total. The predicted molar refractivity (Wildman–Crippen MR) is 57.0 cm³/mol. The summed E-state index contributed by atoms with van der Waals surface area (Å²) in [5, 5.41) is 0. The summed E-state index contributed by atoms with van der Waals surface area (Å²) in [6.45, 7) is 0.625. The van der Waals surface area contributed by atoms with Crippen molar-refractivity contribution in [3.05, 3.63) is 30.3 Å². The minimum Gasteiger partial charge on any atom is -0.383 e. The van der Waals surface area contributed by atoms with Crippen LogP contribution in [-0.2, 0) is 4.74 Å². The van der Waals surface area contributed by atoms with E-state index in [-0.39, 0.29) is 6.04 Å². The van der Waals surface area contributed by atoms with Gasteiger partial charge in [-0.25, -0.2) is 0 Å². The van der Waals surface area contributed by atoms with Crippen LogP contribution in [0.3, 0.4) is 0 Å². The molecule has 1 aromatic carbocycles. The minimum atomic E-state index is 0.121. The Labute approximate surface area is 83.5 Å². The van der Waals surface area contributed by atoms with E-state index in [1.54, 1.807) is 18.9 Å². The number of hydrogen-bond acceptors (Lipinski definition) is 3. The Morgan fingerprint density at radius 1 is 1.38 bits per heavy atom. The molecule has 72 valence electrons. The second-order valence-electron chi connectivity index (χ2n) is 2.84. The van der Waals surface area contributed by atoms with E-state index < -0.39 is 0 Å². The van der Waals surface area contributed by atoms with Crippen molar-refractivity contribution < 1.29 is 4.74 Å². The molecule has 0 aliphatic rings. The van der Waals surface area contributed by atoms with Crippen LogP contribution in [0.5, 0.6) is 0 Å². The summed E-state index contributed by atoms with van der Waals surface area (Å²) in [5.41, 5.74) is 5.79. The fourth-order valence-electron chi connectivity index (χ4n) is 0.982. The molecule has 1 atom stereocenters. The zero-order valence-electron chi connectivity index (χ0n) is 7.77. The highest BCUT2D eigenvalue weighted by atomic mass is 32.2. The highest BCUT2D eigenvalue weighted by molar-refractivity contribution is 7.99. The highest BCUT2D eigenvalue weighted by Crippen LogP contribution is 2.17. The van der Waals surface area contributed by atoms with Crippen molar-refractivity contribution in [1.82, 2.24) is 0 Å². The third-order valence-corrected chi connectivity index (χ3v) is 2.79. The standard InChI is InChI=1S/C10H15NOS/c1-12-7-9(11)8-13-10-5-3-2-4-6-10/h2-6,9H,7-8,11H2,1H3/t9-/m1/s1. The topological polar surface area (TPSA) is 35.2 Å². The molecular weight excluding hydrogens is 182 g/mol. The molecular formula is C10H15NOS. The fourth-order valence-corrected chi connectivity index (χ4v) is 1.83. The first-order chi connectivity index (χ1) is 6.33. The molecule has 0 saturated carbocycles. The van der Waals surface area contributed by atoms with Crippen molar-refractivity contribution in [2.24, 2.45) is 5.73 Å². The van der Waals surface area contributed by atoms with Crippen molar-refractivity contribution in [2.75, 3.05) is 19.5 Å². The van der Waals surface area contributed by atoms with Gasteiger partial charge in [0.2, 0.25) is 0 Å². The van der Waals surface area contributed by atoms with Crippen molar-refractivity contribution in [2.45, 2.75) is 10.9 Å². The molecule has 0 bridgehead atoms. The predicted octanol–water partition coefficient (Wildman–Crippen LogP) is 1.75. The zero-order chi connectivity index (χ0) is 9.52. The average Bonchev–Trinajstić information content (AvgIpc) is 2.17. The van der Waals surface area contributed by atoms with Gasteiger partial charge in [-0.05, 0) is 12.1 Å². The van der Waals surface area contributed by atoms with Crippen molar-refractivity contribution >= 4 is 11.8 Å². The number of nitrogens with two attached hydrogens (primary N) is 1. The van der Waals surface area contributed by atoms with Crippen LogP contribution < -0.4 is 5.73 Å². The normalized spacial score (nSPS) is 12.8. The van der Waals surface area contributed by atoms with Crippen molar-refractivity contribution in [3.8, 4) is 0 Å². The Hall–Kier alpha value is -0.510. The summed E-state index contributed by atoms with van der Waals surface area (Å²) in [6.07, 6.45) is 0. The Morgan fingerprint density at radius 2 is 2.08 bits per heavy atom. The van der Waals surface area contributed by atoms with Crippen LogP contribution in [0, 0.1) is 0 Å². The molecule has 0 heterocycles. The fraction of sp³-hybridized carbons (Fsp3) is 0.400. The van der Waals surface area contributed by atoms with Crippen LogP contribution in [0.25, 0.3) is 0 Å². The molecule has 0 unspecified atom stereocenters. The van der Waals surface area contributed by atoms with Gasteiger partial charge < -0.3 is 10.5 Å². The first kappa shape index (κ1) is 10.6. The summed E-state index contributed by atoms with van der Waals surface area (Å²) < 4.78 is 4.95. The Morgan fingerprint density at radius 3 is 2.69 bits per heavy atom. The molecule has 0 fully saturated rings. The summed E-state index contributed by atoms with van der Waals surface area (Å²) in [6, 6.07) is 10.4. The SMILES string of the molecule is COC[C@@H](N)CSc1ccccc1. The van der Waals surface area contributed by atoms with Crippen molar-refractivity contribution in [3.63, 3.8) is 0 Å². The van der Waals surface area contributed by atoms with Crippen LogP contribution in [0.1, 0.15) is 0 Å². The lowest BCUT2D eigenvalue weighted by Crippen LogP contribution is -2.27. The van der Waals surface area contributed by atoms with E-state index in [0.717, 1.165) is 5.75 Å². The van der Waals surface area contributed by atoms with Gasteiger partial charge in [0.25, 0.3) is 0 Å². The van der Waals surface area contributed by atoms with Crippen molar-refractivity contribution in [1.29, 1.82) is 0 Å². The molecule has 0 aliphatic carbocycles. The summed E-state index contributed by atoms with van der Waals surface area (Å²) in [7, 11) is 1.67. The van der Waals surface area contributed by atoms with Crippen LogP contribution in [-0.4, -0.2) is 25.5 Å². The van der Waals surface area contributed by atoms with Gasteiger partial charge >= 0.3 is 0 Å². The molecule has 0 amide bonds. The number of hydrogen-bond donors (Lipinski definition) is 1. The molecule has 0 aliphatic heterocycles. The largest absolute Gasteiger partial charge is 0.383 e. The van der Waals surface area contributed by atoms with Gasteiger partial charge in [0.15, 0.2) is 0 Å². The third-order valence-electron chi connectivity index (χ3n) is 1.59. The average molecular weight is 197 g/mol. The molecule has 0 saturated heterocycles. The van der Waals surface area contributed by atoms with E-state index in [9.17, 15) is 0 Å². The van der Waals surface area contributed by atoms with E-state index in [1.165, 1.54) is 4.90 Å². The molecule has 2 N–H and O–H groups in total. The molecule has 0 spiro atoms. The van der Waals surface area contributed by atoms with Crippen LogP contribution in [0.15, 0.2) is 35.2 Å². The van der Waals surface area contributed by atoms with Gasteiger partial charge in [-0.3, -0.25) is 0 Å². The van der Waals surface area contributed by atoms with Gasteiger partial charge in [0, 0.05) is 23.8 Å². The maximum Gasteiger partial charge on any atom is 0.0621 e. The van der Waals surface area contributed by atoms with Gasteiger partial charge in [0.1, 0.15) is 0 Å². The Bertz CT molecular complexity index is 228. The molecule has 1 aromatic rings. The summed E-state index contributed by atoms with van der Waals surface area (Å²) in [5.74, 6) is 0.901. The number of ether oxygens (including phenoxy) is 1. The van der Waals surface area contributed by atoms with E-state index in [4.69, 9.17) is 10.5 Å². The molecule has 0 radical (unpaired) electrons. The van der Waals surface area contributed by atoms with Gasteiger partial charge in [0.05, 0.1) is 6.61 Å².